The zero-order chi connectivity index (χ0) is 17.3. The smallest absolute Gasteiger partial charge is 0.337 e. The normalized spacial score (nSPS) is 24.7. The third-order valence-electron chi connectivity index (χ3n) is 5.02. The number of carbonyl (C=O) groups is 1. The van der Waals surface area contributed by atoms with Crippen LogP contribution in [0.5, 0.6) is 0 Å². The van der Waals surface area contributed by atoms with Crippen LogP contribution in [0.2, 0.25) is 0 Å². The van der Waals surface area contributed by atoms with Gasteiger partial charge in [-0.2, -0.15) is 13.2 Å². The third kappa shape index (κ3) is 3.48. The summed E-state index contributed by atoms with van der Waals surface area (Å²) in [5, 5.41) is 0. The molecule has 1 aromatic rings. The maximum absolute atomic E-state index is 12.9. The Morgan fingerprint density at radius 1 is 1.33 bits per heavy atom. The Morgan fingerprint density at radius 3 is 2.83 bits per heavy atom. The number of alkyl halides is 3. The summed E-state index contributed by atoms with van der Waals surface area (Å²) >= 11 is 0. The van der Waals surface area contributed by atoms with Crippen molar-refractivity contribution in [3.8, 4) is 0 Å². The predicted molar refractivity (Wildman–Crippen MR) is 85.1 cm³/mol. The van der Waals surface area contributed by atoms with E-state index in [-0.39, 0.29) is 11.9 Å². The molecule has 2 saturated heterocycles. The number of likely N-dealkylation sites (tertiary alicyclic amines) is 2. The lowest BCUT2D eigenvalue weighted by atomic mass is 9.91. The zero-order valence-electron chi connectivity index (χ0n) is 13.4. The Labute approximate surface area is 139 Å². The number of nitrogens with zero attached hydrogens (tertiary/aromatic N) is 2. The first kappa shape index (κ1) is 17.0. The van der Waals surface area contributed by atoms with Crippen molar-refractivity contribution in [1.82, 2.24) is 9.80 Å². The van der Waals surface area contributed by atoms with Crippen LogP contribution in [0.3, 0.4) is 0 Å². The number of carbonyl (C=O) groups excluding carboxylic acids is 1. The van der Waals surface area contributed by atoms with E-state index in [4.69, 9.17) is 0 Å². The lowest BCUT2D eigenvalue weighted by Gasteiger charge is -2.36. The monoisotopic (exact) mass is 338 g/mol. The van der Waals surface area contributed by atoms with Crippen molar-refractivity contribution in [2.45, 2.75) is 31.6 Å². The van der Waals surface area contributed by atoms with E-state index in [2.05, 4.69) is 11.5 Å². The molecule has 2 heterocycles. The molecule has 6 heteroatoms. The van der Waals surface area contributed by atoms with Crippen molar-refractivity contribution in [2.75, 3.05) is 19.6 Å². The molecule has 2 aliphatic rings. The molecule has 1 aromatic carbocycles. The van der Waals surface area contributed by atoms with Gasteiger partial charge in [-0.25, -0.2) is 0 Å². The molecule has 2 aliphatic heterocycles. The minimum atomic E-state index is -4.32. The van der Waals surface area contributed by atoms with Crippen LogP contribution in [-0.2, 0) is 17.5 Å². The van der Waals surface area contributed by atoms with Gasteiger partial charge >= 0.3 is 6.18 Å². The lowest BCUT2D eigenvalue weighted by molar-refractivity contribution is -0.137. The molecular formula is C18H21F3N2O. The molecule has 0 saturated carbocycles. The van der Waals surface area contributed by atoms with Gasteiger partial charge in [-0.05, 0) is 43.0 Å². The maximum Gasteiger partial charge on any atom is 0.416 e. The minimum Gasteiger partial charge on any atom is -0.337 e. The summed E-state index contributed by atoms with van der Waals surface area (Å²) in [7, 11) is 0. The largest absolute Gasteiger partial charge is 0.416 e. The van der Waals surface area contributed by atoms with Gasteiger partial charge in [0, 0.05) is 25.7 Å². The molecule has 3 nitrogen and oxygen atoms in total. The Balaban J connectivity index is 1.73. The van der Waals surface area contributed by atoms with Gasteiger partial charge in [0.25, 0.3) is 0 Å². The Hall–Kier alpha value is -1.82. The van der Waals surface area contributed by atoms with Gasteiger partial charge in [0.05, 0.1) is 5.56 Å². The second-order valence-electron chi connectivity index (χ2n) is 6.59. The number of hydrogen-bond acceptors (Lipinski definition) is 2. The highest BCUT2D eigenvalue weighted by molar-refractivity contribution is 5.87. The van der Waals surface area contributed by atoms with Crippen LogP contribution >= 0.6 is 0 Å². The molecule has 2 unspecified atom stereocenters. The van der Waals surface area contributed by atoms with E-state index < -0.39 is 11.7 Å². The van der Waals surface area contributed by atoms with Crippen LogP contribution < -0.4 is 0 Å². The first-order chi connectivity index (χ1) is 11.4. The van der Waals surface area contributed by atoms with E-state index in [1.54, 1.807) is 11.0 Å². The molecule has 24 heavy (non-hydrogen) atoms. The van der Waals surface area contributed by atoms with Crippen molar-refractivity contribution >= 4 is 5.91 Å². The van der Waals surface area contributed by atoms with Gasteiger partial charge in [0.15, 0.2) is 0 Å². The molecule has 2 atom stereocenters. The highest BCUT2D eigenvalue weighted by Gasteiger charge is 2.40. The Bertz CT molecular complexity index is 629. The lowest BCUT2D eigenvalue weighted by Crippen LogP contribution is -2.44. The maximum atomic E-state index is 12.9. The van der Waals surface area contributed by atoms with Gasteiger partial charge in [-0.1, -0.05) is 24.8 Å². The fourth-order valence-electron chi connectivity index (χ4n) is 3.86. The second-order valence-corrected chi connectivity index (χ2v) is 6.59. The first-order valence-electron chi connectivity index (χ1n) is 8.20. The molecular weight excluding hydrogens is 317 g/mol. The average molecular weight is 338 g/mol. The number of fused-ring (bicyclic) bond motifs is 1. The molecule has 2 fully saturated rings. The topological polar surface area (TPSA) is 23.6 Å². The van der Waals surface area contributed by atoms with Crippen LogP contribution in [0.4, 0.5) is 13.2 Å². The van der Waals surface area contributed by atoms with Crippen LogP contribution in [0, 0.1) is 5.92 Å². The van der Waals surface area contributed by atoms with E-state index in [1.165, 1.54) is 18.2 Å². The molecule has 0 spiro atoms. The van der Waals surface area contributed by atoms with Gasteiger partial charge in [-0.3, -0.25) is 9.69 Å². The van der Waals surface area contributed by atoms with E-state index in [9.17, 15) is 18.0 Å². The molecule has 0 bridgehead atoms. The van der Waals surface area contributed by atoms with E-state index in [1.807, 2.05) is 0 Å². The fourth-order valence-corrected chi connectivity index (χ4v) is 3.86. The highest BCUT2D eigenvalue weighted by Crippen LogP contribution is 2.33. The number of amides is 1. The van der Waals surface area contributed by atoms with Crippen LogP contribution in [0.15, 0.2) is 36.9 Å². The molecule has 3 rings (SSSR count). The summed E-state index contributed by atoms with van der Waals surface area (Å²) in [5.74, 6) is 0.330. The summed E-state index contributed by atoms with van der Waals surface area (Å²) in [5.41, 5.74) is 0.0578. The van der Waals surface area contributed by atoms with Gasteiger partial charge in [0.1, 0.15) is 0 Å². The molecule has 0 N–H and O–H groups in total. The van der Waals surface area contributed by atoms with Crippen molar-refractivity contribution in [3.05, 3.63) is 48.0 Å². The van der Waals surface area contributed by atoms with Crippen molar-refractivity contribution < 1.29 is 18.0 Å². The third-order valence-corrected chi connectivity index (χ3v) is 5.02. The van der Waals surface area contributed by atoms with Gasteiger partial charge < -0.3 is 4.90 Å². The minimum absolute atomic E-state index is 0.0663. The number of halogens is 3. The molecule has 1 amide bonds. The molecule has 130 valence electrons. The van der Waals surface area contributed by atoms with Crippen LogP contribution in [0.1, 0.15) is 24.0 Å². The Morgan fingerprint density at radius 2 is 2.12 bits per heavy atom. The average Bonchev–Trinajstić information content (AvgIpc) is 2.99. The van der Waals surface area contributed by atoms with Crippen molar-refractivity contribution in [1.29, 1.82) is 0 Å². The second kappa shape index (κ2) is 6.59. The van der Waals surface area contributed by atoms with Crippen LogP contribution in [0.25, 0.3) is 0 Å². The number of benzene rings is 1. The summed E-state index contributed by atoms with van der Waals surface area (Å²) in [6.07, 6.45) is -0.920. The Kier molecular flexibility index (Phi) is 4.67. The van der Waals surface area contributed by atoms with Crippen molar-refractivity contribution in [3.63, 3.8) is 0 Å². The predicted octanol–water partition coefficient (Wildman–Crippen LogP) is 3.31. The van der Waals surface area contributed by atoms with Crippen LogP contribution in [-0.4, -0.2) is 41.4 Å². The number of hydrogen-bond donors (Lipinski definition) is 0. The van der Waals surface area contributed by atoms with Crippen molar-refractivity contribution in [2.24, 2.45) is 5.92 Å². The number of piperidine rings is 1. The van der Waals surface area contributed by atoms with Gasteiger partial charge in [0.2, 0.25) is 5.91 Å². The first-order valence-corrected chi connectivity index (χ1v) is 8.20. The summed E-state index contributed by atoms with van der Waals surface area (Å²) < 4.78 is 38.6. The summed E-state index contributed by atoms with van der Waals surface area (Å²) in [6, 6.07) is 5.74. The highest BCUT2D eigenvalue weighted by atomic mass is 19.4. The number of rotatable bonds is 3. The zero-order valence-corrected chi connectivity index (χ0v) is 13.4. The standard InChI is InChI=1S/C18H21F3N2O/c1-2-17(24)23-11-14-6-4-8-22(16(14)12-23)10-13-5-3-7-15(9-13)18(19,20)21/h2-3,5,7,9,14,16H,1,4,6,8,10-12H2. The van der Waals surface area contributed by atoms with E-state index in [0.29, 0.717) is 31.1 Å². The van der Waals surface area contributed by atoms with Gasteiger partial charge in [-0.15, -0.1) is 0 Å². The molecule has 0 aromatic heterocycles. The molecule has 0 radical (unpaired) electrons. The van der Waals surface area contributed by atoms with E-state index >= 15 is 0 Å². The quantitative estimate of drug-likeness (QED) is 0.790. The van der Waals surface area contributed by atoms with E-state index in [0.717, 1.165) is 25.5 Å². The fraction of sp³-hybridized carbons (Fsp3) is 0.500. The SMILES string of the molecule is C=CC(=O)N1CC2CCCN(Cc3cccc(C(F)(F)F)c3)C2C1. The summed E-state index contributed by atoms with van der Waals surface area (Å²) in [6.45, 7) is 6.22. The summed E-state index contributed by atoms with van der Waals surface area (Å²) in [4.78, 5) is 15.9. The molecule has 0 aliphatic carbocycles.